The fourth-order valence-corrected chi connectivity index (χ4v) is 2.63. The van der Waals surface area contributed by atoms with E-state index in [2.05, 4.69) is 16.0 Å². The van der Waals surface area contributed by atoms with Crippen LogP contribution >= 0.6 is 0 Å². The normalized spacial score (nSPS) is 12.2. The minimum Gasteiger partial charge on any atom is -0.481 e. The molecule has 2 atom stereocenters. The maximum atomic E-state index is 12.4. The highest BCUT2D eigenvalue weighted by Gasteiger charge is 2.39. The monoisotopic (exact) mass is 676 g/mol. The zero-order valence-electron chi connectivity index (χ0n) is 23.3. The first-order chi connectivity index (χ1) is 21.0. The number of alkyl halides is 6. The fourth-order valence-electron chi connectivity index (χ4n) is 2.63. The number of unbranched alkanes of at least 4 members (excludes halogenated alkanes) is 1. The quantitative estimate of drug-likeness (QED) is 0.0458. The Bertz CT molecular complexity index is 1220. The first kappa shape index (κ1) is 42.7. The Hall–Kier alpha value is -5.41. The molecule has 16 nitrogen and oxygen atoms in total. The van der Waals surface area contributed by atoms with Crippen molar-refractivity contribution < 1.29 is 75.5 Å². The molecule has 0 aromatic heterocycles. The highest BCUT2D eigenvalue weighted by atomic mass is 19.4. The molecule has 0 fully saturated rings. The standard InChI is InChI=1S/C20H28N6O6.2C2HF3O2/c21-10-2-1-3-14(19(31)32)26-18(30)15(11-17(28)29)25-16(27)9-6-12-4-7-13(8-5-12)24-20(22)23;2*3-2(4,5)1(6)7/h4-9,14-15H,1-3,10-11,21H2,(H,25,27)(H,26,30)(H,28,29)(H,31,32)(H4,22,23,24);2*(H,6,7)/t14-,15-;;/m0../s1. The molecule has 0 aliphatic carbocycles. The number of carbonyl (C=O) groups excluding carboxylic acids is 2. The van der Waals surface area contributed by atoms with Gasteiger partial charge in [0.25, 0.3) is 0 Å². The van der Waals surface area contributed by atoms with Crippen LogP contribution in [0.1, 0.15) is 31.2 Å². The number of carbonyl (C=O) groups is 6. The molecule has 1 rings (SSSR count). The molecule has 0 heterocycles. The summed E-state index contributed by atoms with van der Waals surface area (Å²) in [6.07, 6.45) is -7.16. The summed E-state index contributed by atoms with van der Waals surface area (Å²) in [5, 5.41) is 46.9. The van der Waals surface area contributed by atoms with Gasteiger partial charge in [0.05, 0.1) is 6.42 Å². The van der Waals surface area contributed by atoms with E-state index in [1.54, 1.807) is 24.3 Å². The summed E-state index contributed by atoms with van der Waals surface area (Å²) < 4.78 is 63.5. The molecule has 258 valence electrons. The van der Waals surface area contributed by atoms with Gasteiger partial charge >= 0.3 is 36.2 Å². The van der Waals surface area contributed by atoms with Gasteiger partial charge in [-0.15, -0.1) is 0 Å². The van der Waals surface area contributed by atoms with Crippen LogP contribution in [-0.4, -0.2) is 93.1 Å². The molecule has 1 aromatic rings. The van der Waals surface area contributed by atoms with Gasteiger partial charge in [0.15, 0.2) is 5.96 Å². The third-order valence-corrected chi connectivity index (χ3v) is 4.68. The van der Waals surface area contributed by atoms with Gasteiger partial charge in [-0.3, -0.25) is 19.8 Å². The van der Waals surface area contributed by atoms with Gasteiger partial charge < -0.3 is 47.8 Å². The summed E-state index contributed by atoms with van der Waals surface area (Å²) in [5.41, 5.74) is 11.8. The number of hydrogen-bond acceptors (Lipinski definition) is 8. The summed E-state index contributed by atoms with van der Waals surface area (Å²) >= 11 is 0. The number of hydrogen-bond donors (Lipinski definition) is 10. The molecule has 46 heavy (non-hydrogen) atoms. The number of benzene rings is 1. The van der Waals surface area contributed by atoms with Gasteiger partial charge in [0.2, 0.25) is 11.8 Å². The first-order valence-corrected chi connectivity index (χ1v) is 12.3. The molecule has 0 radical (unpaired) electrons. The Kier molecular flexibility index (Phi) is 19.1. The lowest BCUT2D eigenvalue weighted by molar-refractivity contribution is -0.193. The Balaban J connectivity index is 0. The number of carboxylic acid groups (broad SMARTS) is 4. The van der Waals surface area contributed by atoms with E-state index >= 15 is 0 Å². The minimum absolute atomic E-state index is 0.125. The molecule has 0 spiro atoms. The number of amides is 2. The number of guanidine groups is 1. The maximum Gasteiger partial charge on any atom is 0.490 e. The van der Waals surface area contributed by atoms with E-state index in [-0.39, 0.29) is 12.4 Å². The van der Waals surface area contributed by atoms with Gasteiger partial charge in [0, 0.05) is 11.8 Å². The molecule has 0 aliphatic heterocycles. The number of halogens is 6. The van der Waals surface area contributed by atoms with Crippen molar-refractivity contribution in [3.8, 4) is 0 Å². The smallest absolute Gasteiger partial charge is 0.481 e. The largest absolute Gasteiger partial charge is 0.490 e. The predicted octanol–water partition coefficient (Wildman–Crippen LogP) is 0.930. The number of anilines is 1. The van der Waals surface area contributed by atoms with E-state index in [1.807, 2.05) is 0 Å². The zero-order valence-corrected chi connectivity index (χ0v) is 23.3. The second-order valence-electron chi connectivity index (χ2n) is 8.44. The second-order valence-corrected chi connectivity index (χ2v) is 8.44. The molecular weight excluding hydrogens is 646 g/mol. The number of rotatable bonds is 13. The number of nitrogens with two attached hydrogens (primary N) is 2. The van der Waals surface area contributed by atoms with E-state index in [0.29, 0.717) is 30.6 Å². The molecule has 0 bridgehead atoms. The van der Waals surface area contributed by atoms with Crippen molar-refractivity contribution in [3.63, 3.8) is 0 Å². The molecule has 1 aromatic carbocycles. The van der Waals surface area contributed by atoms with Crippen molar-refractivity contribution in [1.29, 1.82) is 5.41 Å². The average Bonchev–Trinajstić information content (AvgIpc) is 2.90. The lowest BCUT2D eigenvalue weighted by atomic mass is 10.1. The van der Waals surface area contributed by atoms with Crippen LogP contribution in [0, 0.1) is 5.41 Å². The van der Waals surface area contributed by atoms with Crippen molar-refractivity contribution in [2.45, 2.75) is 50.1 Å². The van der Waals surface area contributed by atoms with E-state index in [1.165, 1.54) is 6.08 Å². The molecule has 0 unspecified atom stereocenters. The SMILES string of the molecule is N=C(N)Nc1ccc(C=CC(=O)N[C@@H](CC(=O)O)C(=O)N[C@@H](CCCCN)C(=O)O)cc1.O=C(O)C(F)(F)F.O=C(O)C(F)(F)F. The van der Waals surface area contributed by atoms with Crippen molar-refractivity contribution in [2.24, 2.45) is 11.5 Å². The van der Waals surface area contributed by atoms with Crippen LogP contribution in [0.2, 0.25) is 0 Å². The third kappa shape index (κ3) is 21.3. The van der Waals surface area contributed by atoms with Crippen molar-refractivity contribution in [1.82, 2.24) is 10.6 Å². The van der Waals surface area contributed by atoms with Crippen LogP contribution in [0.4, 0.5) is 32.0 Å². The Morgan fingerprint density at radius 1 is 0.826 bits per heavy atom. The summed E-state index contributed by atoms with van der Waals surface area (Å²) in [7, 11) is 0. The average molecular weight is 677 g/mol. The van der Waals surface area contributed by atoms with E-state index in [9.17, 15) is 50.6 Å². The van der Waals surface area contributed by atoms with Crippen molar-refractivity contribution in [3.05, 3.63) is 35.9 Å². The van der Waals surface area contributed by atoms with Crippen molar-refractivity contribution >= 4 is 53.4 Å². The number of nitrogens with one attached hydrogen (secondary N) is 4. The predicted molar refractivity (Wildman–Crippen MR) is 145 cm³/mol. The van der Waals surface area contributed by atoms with Crippen LogP contribution in [0.15, 0.2) is 30.3 Å². The van der Waals surface area contributed by atoms with Crippen LogP contribution < -0.4 is 27.4 Å². The van der Waals surface area contributed by atoms with Gasteiger partial charge in [-0.25, -0.2) is 14.4 Å². The number of carboxylic acids is 4. The molecule has 22 heteroatoms. The van der Waals surface area contributed by atoms with Gasteiger partial charge in [-0.2, -0.15) is 26.3 Å². The molecule has 0 saturated carbocycles. The van der Waals surface area contributed by atoms with E-state index in [0.717, 1.165) is 6.08 Å². The Morgan fingerprint density at radius 3 is 1.67 bits per heavy atom. The minimum atomic E-state index is -5.08. The summed E-state index contributed by atoms with van der Waals surface area (Å²) in [6, 6.07) is 3.89. The summed E-state index contributed by atoms with van der Waals surface area (Å²) in [5.74, 6) is -9.97. The highest BCUT2D eigenvalue weighted by Crippen LogP contribution is 2.14. The second kappa shape index (κ2) is 20.5. The fraction of sp³-hybridized carbons (Fsp3) is 0.375. The van der Waals surface area contributed by atoms with Gasteiger partial charge in [0.1, 0.15) is 12.1 Å². The van der Waals surface area contributed by atoms with E-state index < -0.39 is 66.5 Å². The topological polar surface area (TPSA) is 295 Å². The van der Waals surface area contributed by atoms with Crippen LogP contribution in [0.5, 0.6) is 0 Å². The maximum absolute atomic E-state index is 12.4. The van der Waals surface area contributed by atoms with Crippen LogP contribution in [0.25, 0.3) is 6.08 Å². The third-order valence-electron chi connectivity index (χ3n) is 4.68. The molecular formula is C24H30F6N6O10. The van der Waals surface area contributed by atoms with Gasteiger partial charge in [-0.1, -0.05) is 12.1 Å². The summed E-state index contributed by atoms with van der Waals surface area (Å²) in [6.45, 7) is 0.375. The summed E-state index contributed by atoms with van der Waals surface area (Å²) in [4.78, 5) is 64.9. The van der Waals surface area contributed by atoms with Gasteiger partial charge in [-0.05, 0) is 49.6 Å². The lowest BCUT2D eigenvalue weighted by Gasteiger charge is -2.20. The first-order valence-electron chi connectivity index (χ1n) is 12.3. The van der Waals surface area contributed by atoms with E-state index in [4.69, 9.17) is 41.8 Å². The molecule has 0 aliphatic rings. The molecule has 12 N–H and O–H groups in total. The van der Waals surface area contributed by atoms with Crippen LogP contribution in [0.3, 0.4) is 0 Å². The van der Waals surface area contributed by atoms with Crippen molar-refractivity contribution in [2.75, 3.05) is 11.9 Å². The highest BCUT2D eigenvalue weighted by molar-refractivity contribution is 5.97. The molecule has 2 amide bonds. The number of aliphatic carboxylic acids is 4. The Morgan fingerprint density at radius 2 is 1.30 bits per heavy atom. The lowest BCUT2D eigenvalue weighted by Crippen LogP contribution is -2.52. The van der Waals surface area contributed by atoms with Crippen LogP contribution in [-0.2, 0) is 28.8 Å². The molecule has 0 saturated heterocycles. The zero-order chi connectivity index (χ0) is 36.3. The Labute approximate surface area is 254 Å².